The van der Waals surface area contributed by atoms with Crippen molar-refractivity contribution in [2.45, 2.75) is 13.8 Å². The first-order chi connectivity index (χ1) is 14.8. The van der Waals surface area contributed by atoms with Crippen molar-refractivity contribution in [1.29, 1.82) is 10.5 Å². The largest absolute Gasteiger partial charge is 0.478 e. The van der Waals surface area contributed by atoms with Gasteiger partial charge in [-0.05, 0) is 60.9 Å². The van der Waals surface area contributed by atoms with Crippen LogP contribution in [-0.4, -0.2) is 16.1 Å². The van der Waals surface area contributed by atoms with Crippen molar-refractivity contribution in [2.75, 3.05) is 5.73 Å². The van der Waals surface area contributed by atoms with E-state index < -0.39 is 5.97 Å². The maximum Gasteiger partial charge on any atom is 0.335 e. The standard InChI is InChI=1S/C24H16N4O3/c1-12-17(21-13(2)19(11-26)23(27)28-22(21)18(12)10-25)9-16-7-8-20(31-16)14-3-5-15(6-4-14)24(29)30/h3-9H,1-2H3,(H2,27,28)(H,29,30)/b17-9+. The van der Waals surface area contributed by atoms with Crippen LogP contribution in [0.2, 0.25) is 0 Å². The third-order valence-corrected chi connectivity index (χ3v) is 5.31. The van der Waals surface area contributed by atoms with E-state index in [0.717, 1.165) is 16.7 Å². The number of carbonyl (C=O) groups is 1. The Bertz CT molecular complexity index is 1390. The van der Waals surface area contributed by atoms with Gasteiger partial charge in [-0.1, -0.05) is 12.1 Å². The minimum absolute atomic E-state index is 0.102. The highest BCUT2D eigenvalue weighted by atomic mass is 16.4. The third kappa shape index (κ3) is 3.15. The first kappa shape index (κ1) is 19.7. The first-order valence-electron chi connectivity index (χ1n) is 9.33. The van der Waals surface area contributed by atoms with Crippen LogP contribution in [-0.2, 0) is 0 Å². The highest BCUT2D eigenvalue weighted by Crippen LogP contribution is 2.44. The van der Waals surface area contributed by atoms with Crippen LogP contribution in [0.4, 0.5) is 5.82 Å². The zero-order chi connectivity index (χ0) is 22.3. The van der Waals surface area contributed by atoms with Gasteiger partial charge in [0.2, 0.25) is 0 Å². The fourth-order valence-electron chi connectivity index (χ4n) is 3.70. The summed E-state index contributed by atoms with van der Waals surface area (Å²) in [5.41, 5.74) is 10.9. The summed E-state index contributed by atoms with van der Waals surface area (Å²) in [7, 11) is 0. The van der Waals surface area contributed by atoms with Crippen LogP contribution in [0.5, 0.6) is 0 Å². The molecule has 0 spiro atoms. The van der Waals surface area contributed by atoms with Crippen molar-refractivity contribution in [2.24, 2.45) is 0 Å². The van der Waals surface area contributed by atoms with Crippen molar-refractivity contribution in [1.82, 2.24) is 4.98 Å². The molecule has 0 aliphatic heterocycles. The number of hydrogen-bond donors (Lipinski definition) is 2. The average Bonchev–Trinajstić information content (AvgIpc) is 3.31. The zero-order valence-corrected chi connectivity index (χ0v) is 16.7. The van der Waals surface area contributed by atoms with E-state index in [-0.39, 0.29) is 16.9 Å². The van der Waals surface area contributed by atoms with Gasteiger partial charge in [0.05, 0.1) is 22.4 Å². The lowest BCUT2D eigenvalue weighted by atomic mass is 9.96. The second-order valence-electron chi connectivity index (χ2n) is 7.09. The minimum Gasteiger partial charge on any atom is -0.478 e. The molecule has 3 N–H and O–H groups in total. The minimum atomic E-state index is -0.992. The molecule has 0 fully saturated rings. The van der Waals surface area contributed by atoms with Gasteiger partial charge in [0.25, 0.3) is 0 Å². The van der Waals surface area contributed by atoms with Crippen LogP contribution < -0.4 is 5.73 Å². The first-order valence-corrected chi connectivity index (χ1v) is 9.33. The smallest absolute Gasteiger partial charge is 0.335 e. The SMILES string of the molecule is CC1=C(C#N)c2nc(N)c(C#N)c(C)c2/C1=C/c1ccc(-c2ccc(C(=O)O)cc2)o1. The van der Waals surface area contributed by atoms with E-state index in [9.17, 15) is 15.3 Å². The number of carboxylic acid groups (broad SMARTS) is 1. The molecule has 1 aliphatic carbocycles. The predicted octanol–water partition coefficient (Wildman–Crippen LogP) is 4.65. The van der Waals surface area contributed by atoms with E-state index in [4.69, 9.17) is 15.3 Å². The summed E-state index contributed by atoms with van der Waals surface area (Å²) in [5.74, 6) is 0.236. The monoisotopic (exact) mass is 408 g/mol. The highest BCUT2D eigenvalue weighted by molar-refractivity contribution is 6.08. The lowest BCUT2D eigenvalue weighted by Crippen LogP contribution is -2.03. The van der Waals surface area contributed by atoms with Gasteiger partial charge >= 0.3 is 5.97 Å². The lowest BCUT2D eigenvalue weighted by Gasteiger charge is -2.10. The van der Waals surface area contributed by atoms with Crippen LogP contribution >= 0.6 is 0 Å². The number of nitrogens with zero attached hydrogens (tertiary/aromatic N) is 3. The van der Waals surface area contributed by atoms with Gasteiger partial charge in [-0.3, -0.25) is 0 Å². The number of hydrogen-bond acceptors (Lipinski definition) is 6. The maximum atomic E-state index is 11.0. The lowest BCUT2D eigenvalue weighted by molar-refractivity contribution is 0.0697. The summed E-state index contributed by atoms with van der Waals surface area (Å²) in [4.78, 5) is 15.3. The van der Waals surface area contributed by atoms with Gasteiger partial charge in [-0.2, -0.15) is 10.5 Å². The molecule has 1 aliphatic rings. The fraction of sp³-hybridized carbons (Fsp3) is 0.0833. The highest BCUT2D eigenvalue weighted by Gasteiger charge is 2.29. The summed E-state index contributed by atoms with van der Waals surface area (Å²) >= 11 is 0. The van der Waals surface area contributed by atoms with E-state index >= 15 is 0 Å². The molecule has 0 saturated carbocycles. The van der Waals surface area contributed by atoms with Gasteiger partial charge in [-0.15, -0.1) is 0 Å². The summed E-state index contributed by atoms with van der Waals surface area (Å²) < 4.78 is 5.94. The van der Waals surface area contributed by atoms with Crippen molar-refractivity contribution < 1.29 is 14.3 Å². The van der Waals surface area contributed by atoms with Gasteiger partial charge in [0, 0.05) is 11.1 Å². The normalized spacial score (nSPS) is 13.7. The molecule has 150 valence electrons. The molecular weight excluding hydrogens is 392 g/mol. The second-order valence-corrected chi connectivity index (χ2v) is 7.09. The molecule has 31 heavy (non-hydrogen) atoms. The Kier molecular flexibility index (Phi) is 4.65. The van der Waals surface area contributed by atoms with E-state index in [1.165, 1.54) is 12.1 Å². The van der Waals surface area contributed by atoms with Crippen molar-refractivity contribution in [3.05, 3.63) is 75.7 Å². The quantitative estimate of drug-likeness (QED) is 0.643. The number of benzene rings is 1. The fourth-order valence-corrected chi connectivity index (χ4v) is 3.70. The Morgan fingerprint density at radius 2 is 1.84 bits per heavy atom. The van der Waals surface area contributed by atoms with Crippen LogP contribution in [0.3, 0.4) is 0 Å². The average molecular weight is 408 g/mol. The molecule has 7 heteroatoms. The Labute approximate surface area is 178 Å². The summed E-state index contributed by atoms with van der Waals surface area (Å²) in [6.45, 7) is 3.61. The number of fused-ring (bicyclic) bond motifs is 1. The van der Waals surface area contributed by atoms with Crippen LogP contribution in [0.25, 0.3) is 28.5 Å². The molecule has 0 bridgehead atoms. The van der Waals surface area contributed by atoms with Gasteiger partial charge in [-0.25, -0.2) is 9.78 Å². The Morgan fingerprint density at radius 3 is 2.45 bits per heavy atom. The molecular formula is C24H16N4O3. The van der Waals surface area contributed by atoms with Crippen LogP contribution in [0.15, 0.2) is 46.4 Å². The van der Waals surface area contributed by atoms with Gasteiger partial charge in [0.1, 0.15) is 29.5 Å². The number of nitrogens with two attached hydrogens (primary N) is 1. The maximum absolute atomic E-state index is 11.0. The van der Waals surface area contributed by atoms with E-state index in [1.54, 1.807) is 37.3 Å². The molecule has 0 unspecified atom stereocenters. The van der Waals surface area contributed by atoms with E-state index in [0.29, 0.717) is 33.9 Å². The molecule has 0 atom stereocenters. The van der Waals surface area contributed by atoms with Crippen molar-refractivity contribution in [3.63, 3.8) is 0 Å². The topological polar surface area (TPSA) is 137 Å². The number of anilines is 1. The summed E-state index contributed by atoms with van der Waals surface area (Å²) in [5, 5.41) is 28.1. The molecule has 0 amide bonds. The number of allylic oxidation sites excluding steroid dienone is 3. The van der Waals surface area contributed by atoms with Gasteiger partial charge in [0.15, 0.2) is 0 Å². The number of furan rings is 1. The number of rotatable bonds is 3. The Balaban J connectivity index is 1.81. The molecule has 2 heterocycles. The molecule has 0 saturated heterocycles. The third-order valence-electron chi connectivity index (χ3n) is 5.31. The number of carboxylic acids is 1. The molecule has 7 nitrogen and oxygen atoms in total. The molecule has 3 aromatic rings. The predicted molar refractivity (Wildman–Crippen MR) is 115 cm³/mol. The number of aromatic carboxylic acids is 1. The number of pyridine rings is 1. The molecule has 0 radical (unpaired) electrons. The molecule has 2 aromatic heterocycles. The van der Waals surface area contributed by atoms with Gasteiger partial charge < -0.3 is 15.3 Å². The van der Waals surface area contributed by atoms with E-state index in [1.807, 2.05) is 6.92 Å². The van der Waals surface area contributed by atoms with Crippen molar-refractivity contribution in [3.8, 4) is 23.5 Å². The summed E-state index contributed by atoms with van der Waals surface area (Å²) in [6, 6.07) is 14.2. The van der Waals surface area contributed by atoms with Crippen molar-refractivity contribution >= 4 is 29.0 Å². The number of nitrogen functional groups attached to an aromatic ring is 1. The number of aromatic nitrogens is 1. The van der Waals surface area contributed by atoms with Crippen LogP contribution in [0.1, 0.15) is 45.4 Å². The van der Waals surface area contributed by atoms with Crippen LogP contribution in [0, 0.1) is 29.6 Å². The van der Waals surface area contributed by atoms with E-state index in [2.05, 4.69) is 17.1 Å². The zero-order valence-electron chi connectivity index (χ0n) is 16.7. The molecule has 1 aromatic carbocycles. The Morgan fingerprint density at radius 1 is 1.13 bits per heavy atom. The molecule has 4 rings (SSSR count). The summed E-state index contributed by atoms with van der Waals surface area (Å²) in [6.07, 6.45) is 1.81. The Hall–Kier alpha value is -4.62. The second kappa shape index (κ2) is 7.33. The number of nitriles is 2.